The van der Waals surface area contributed by atoms with Crippen LogP contribution in [0.25, 0.3) is 0 Å². The SMILES string of the molecule is CC(C)CCNCC(c1ccccc1)C(C)C. The van der Waals surface area contributed by atoms with Crippen LogP contribution < -0.4 is 5.32 Å². The molecule has 1 N–H and O–H groups in total. The Labute approximate surface area is 107 Å². The van der Waals surface area contributed by atoms with Crippen LogP contribution in [0.1, 0.15) is 45.6 Å². The van der Waals surface area contributed by atoms with Crippen molar-refractivity contribution in [3.05, 3.63) is 35.9 Å². The van der Waals surface area contributed by atoms with Gasteiger partial charge in [-0.05, 0) is 36.3 Å². The molecule has 1 unspecified atom stereocenters. The van der Waals surface area contributed by atoms with E-state index in [9.17, 15) is 0 Å². The lowest BCUT2D eigenvalue weighted by Crippen LogP contribution is -2.26. The first kappa shape index (κ1) is 14.2. The quantitative estimate of drug-likeness (QED) is 0.700. The summed E-state index contributed by atoms with van der Waals surface area (Å²) in [6.45, 7) is 11.4. The third-order valence-corrected chi connectivity index (χ3v) is 3.30. The van der Waals surface area contributed by atoms with E-state index < -0.39 is 0 Å². The maximum atomic E-state index is 3.60. The van der Waals surface area contributed by atoms with E-state index in [1.807, 2.05) is 0 Å². The molecule has 0 fully saturated rings. The highest BCUT2D eigenvalue weighted by molar-refractivity contribution is 5.20. The van der Waals surface area contributed by atoms with Crippen LogP contribution in [0.3, 0.4) is 0 Å². The molecule has 1 aromatic rings. The molecule has 1 rings (SSSR count). The average Bonchev–Trinajstić information content (AvgIpc) is 2.29. The molecule has 0 aromatic heterocycles. The molecule has 0 heterocycles. The van der Waals surface area contributed by atoms with Crippen LogP contribution in [0.2, 0.25) is 0 Å². The first-order chi connectivity index (χ1) is 8.11. The summed E-state index contributed by atoms with van der Waals surface area (Å²) in [5.74, 6) is 2.10. The van der Waals surface area contributed by atoms with E-state index in [0.717, 1.165) is 19.0 Å². The molecule has 1 atom stereocenters. The molecule has 0 aliphatic heterocycles. The fraction of sp³-hybridized carbons (Fsp3) is 0.625. The number of rotatable bonds is 7. The van der Waals surface area contributed by atoms with Gasteiger partial charge in [0.25, 0.3) is 0 Å². The van der Waals surface area contributed by atoms with Crippen molar-refractivity contribution < 1.29 is 0 Å². The molecule has 1 heteroatoms. The Morgan fingerprint density at radius 1 is 1.00 bits per heavy atom. The predicted octanol–water partition coefficient (Wildman–Crippen LogP) is 4.06. The fourth-order valence-corrected chi connectivity index (χ4v) is 2.09. The third-order valence-electron chi connectivity index (χ3n) is 3.30. The van der Waals surface area contributed by atoms with Crippen molar-refractivity contribution >= 4 is 0 Å². The van der Waals surface area contributed by atoms with E-state index in [1.54, 1.807) is 0 Å². The molecule has 0 amide bonds. The van der Waals surface area contributed by atoms with Gasteiger partial charge in [-0.1, -0.05) is 58.0 Å². The first-order valence-corrected chi connectivity index (χ1v) is 6.87. The van der Waals surface area contributed by atoms with Crippen molar-refractivity contribution in [3.8, 4) is 0 Å². The lowest BCUT2D eigenvalue weighted by atomic mass is 9.88. The van der Waals surface area contributed by atoms with Gasteiger partial charge in [-0.3, -0.25) is 0 Å². The number of nitrogens with one attached hydrogen (secondary N) is 1. The van der Waals surface area contributed by atoms with Gasteiger partial charge in [-0.25, -0.2) is 0 Å². The minimum absolute atomic E-state index is 0.628. The maximum Gasteiger partial charge on any atom is 0.00226 e. The van der Waals surface area contributed by atoms with Gasteiger partial charge in [0.15, 0.2) is 0 Å². The highest BCUT2D eigenvalue weighted by Gasteiger charge is 2.14. The lowest BCUT2D eigenvalue weighted by molar-refractivity contribution is 0.446. The van der Waals surface area contributed by atoms with Crippen LogP contribution in [0.5, 0.6) is 0 Å². The van der Waals surface area contributed by atoms with Crippen molar-refractivity contribution in [2.75, 3.05) is 13.1 Å². The normalized spacial score (nSPS) is 13.3. The van der Waals surface area contributed by atoms with E-state index in [0.29, 0.717) is 11.8 Å². The lowest BCUT2D eigenvalue weighted by Gasteiger charge is -2.22. The second-order valence-corrected chi connectivity index (χ2v) is 5.65. The topological polar surface area (TPSA) is 12.0 Å². The van der Waals surface area contributed by atoms with Crippen LogP contribution in [-0.2, 0) is 0 Å². The van der Waals surface area contributed by atoms with Crippen molar-refractivity contribution in [1.82, 2.24) is 5.32 Å². The average molecular weight is 233 g/mol. The van der Waals surface area contributed by atoms with Crippen LogP contribution in [-0.4, -0.2) is 13.1 Å². The molecule has 0 saturated carbocycles. The third kappa shape index (κ3) is 5.36. The molecule has 1 nitrogen and oxygen atoms in total. The number of hydrogen-bond acceptors (Lipinski definition) is 1. The van der Waals surface area contributed by atoms with Gasteiger partial charge < -0.3 is 5.32 Å². The van der Waals surface area contributed by atoms with Gasteiger partial charge in [0.05, 0.1) is 0 Å². The molecule has 0 bridgehead atoms. The molecule has 0 aliphatic rings. The van der Waals surface area contributed by atoms with Crippen molar-refractivity contribution in [1.29, 1.82) is 0 Å². The molecule has 0 saturated heterocycles. The summed E-state index contributed by atoms with van der Waals surface area (Å²) in [5.41, 5.74) is 1.46. The monoisotopic (exact) mass is 233 g/mol. The zero-order valence-corrected chi connectivity index (χ0v) is 11.7. The summed E-state index contributed by atoms with van der Waals surface area (Å²) < 4.78 is 0. The molecule has 0 spiro atoms. The van der Waals surface area contributed by atoms with Gasteiger partial charge in [0.2, 0.25) is 0 Å². The number of benzene rings is 1. The fourth-order valence-electron chi connectivity index (χ4n) is 2.09. The van der Waals surface area contributed by atoms with E-state index in [-0.39, 0.29) is 0 Å². The van der Waals surface area contributed by atoms with Crippen molar-refractivity contribution in [3.63, 3.8) is 0 Å². The zero-order valence-electron chi connectivity index (χ0n) is 11.7. The van der Waals surface area contributed by atoms with Gasteiger partial charge in [0.1, 0.15) is 0 Å². The standard InChI is InChI=1S/C16H27N/c1-13(2)10-11-17-12-16(14(3)4)15-8-6-5-7-9-15/h5-9,13-14,16-17H,10-12H2,1-4H3. The Kier molecular flexibility index (Phi) is 6.28. The number of hydrogen-bond donors (Lipinski definition) is 1. The summed E-state index contributed by atoms with van der Waals surface area (Å²) in [6.07, 6.45) is 1.26. The Balaban J connectivity index is 2.45. The van der Waals surface area contributed by atoms with Crippen LogP contribution in [0.4, 0.5) is 0 Å². The summed E-state index contributed by atoms with van der Waals surface area (Å²) in [6, 6.07) is 10.9. The van der Waals surface area contributed by atoms with E-state index in [1.165, 1.54) is 12.0 Å². The Bertz CT molecular complexity index is 290. The maximum absolute atomic E-state index is 3.60. The van der Waals surface area contributed by atoms with Gasteiger partial charge in [-0.2, -0.15) is 0 Å². The Morgan fingerprint density at radius 2 is 1.65 bits per heavy atom. The largest absolute Gasteiger partial charge is 0.316 e. The van der Waals surface area contributed by atoms with Crippen molar-refractivity contribution in [2.24, 2.45) is 11.8 Å². The summed E-state index contributed by atoms with van der Waals surface area (Å²) >= 11 is 0. The van der Waals surface area contributed by atoms with Gasteiger partial charge >= 0.3 is 0 Å². The van der Waals surface area contributed by atoms with E-state index in [4.69, 9.17) is 0 Å². The molecule has 1 aromatic carbocycles. The highest BCUT2D eigenvalue weighted by atomic mass is 14.9. The van der Waals surface area contributed by atoms with Crippen LogP contribution >= 0.6 is 0 Å². The van der Waals surface area contributed by atoms with E-state index in [2.05, 4.69) is 63.3 Å². The second-order valence-electron chi connectivity index (χ2n) is 5.65. The van der Waals surface area contributed by atoms with Crippen molar-refractivity contribution in [2.45, 2.75) is 40.0 Å². The van der Waals surface area contributed by atoms with Gasteiger partial charge in [0, 0.05) is 6.54 Å². The smallest absolute Gasteiger partial charge is 0.00226 e. The van der Waals surface area contributed by atoms with E-state index >= 15 is 0 Å². The summed E-state index contributed by atoms with van der Waals surface area (Å²) in [5, 5.41) is 3.60. The van der Waals surface area contributed by atoms with Gasteiger partial charge in [-0.15, -0.1) is 0 Å². The molecule has 0 radical (unpaired) electrons. The molecule has 17 heavy (non-hydrogen) atoms. The second kappa shape index (κ2) is 7.50. The zero-order chi connectivity index (χ0) is 12.7. The Hall–Kier alpha value is -0.820. The minimum atomic E-state index is 0.628. The molecular formula is C16H27N. The summed E-state index contributed by atoms with van der Waals surface area (Å²) in [7, 11) is 0. The first-order valence-electron chi connectivity index (χ1n) is 6.87. The highest BCUT2D eigenvalue weighted by Crippen LogP contribution is 2.23. The van der Waals surface area contributed by atoms with Crippen LogP contribution in [0, 0.1) is 11.8 Å². The minimum Gasteiger partial charge on any atom is -0.316 e. The van der Waals surface area contributed by atoms with Crippen LogP contribution in [0.15, 0.2) is 30.3 Å². The predicted molar refractivity (Wildman–Crippen MR) is 76.3 cm³/mol. The summed E-state index contributed by atoms with van der Waals surface area (Å²) in [4.78, 5) is 0. The Morgan fingerprint density at radius 3 is 2.18 bits per heavy atom. The molecular weight excluding hydrogens is 206 g/mol. The molecule has 0 aliphatic carbocycles. The molecule has 96 valence electrons.